The fourth-order valence-corrected chi connectivity index (χ4v) is 1.45. The van der Waals surface area contributed by atoms with Crippen LogP contribution >= 0.6 is 0 Å². The quantitative estimate of drug-likeness (QED) is 0.547. The molecule has 0 spiro atoms. The van der Waals surface area contributed by atoms with Gasteiger partial charge in [-0.1, -0.05) is 11.8 Å². The van der Waals surface area contributed by atoms with Gasteiger partial charge >= 0.3 is 5.97 Å². The number of Topliss-reactive ketones (excluding diaryl/α,β-unsaturated/α-hetero) is 1. The molecule has 2 N–H and O–H groups in total. The Morgan fingerprint density at radius 2 is 2.12 bits per heavy atom. The second-order valence-corrected chi connectivity index (χ2v) is 3.42. The number of carbonyl (C=O) groups excluding carboxylic acids is 2. The van der Waals surface area contributed by atoms with Crippen molar-refractivity contribution in [2.45, 2.75) is 6.42 Å². The average molecular weight is 229 g/mol. The minimum atomic E-state index is -0.998. The molecule has 0 aliphatic carbocycles. The van der Waals surface area contributed by atoms with E-state index in [0.29, 0.717) is 16.8 Å². The number of hydrogen-bond acceptors (Lipinski definition) is 3. The third-order valence-corrected chi connectivity index (χ3v) is 2.19. The first-order valence-corrected chi connectivity index (χ1v) is 4.78. The van der Waals surface area contributed by atoms with Gasteiger partial charge in [0.15, 0.2) is 0 Å². The van der Waals surface area contributed by atoms with Crippen LogP contribution in [0.15, 0.2) is 18.2 Å². The largest absolute Gasteiger partial charge is 0.481 e. The van der Waals surface area contributed by atoms with Gasteiger partial charge in [-0.25, -0.2) is 0 Å². The van der Waals surface area contributed by atoms with Gasteiger partial charge < -0.3 is 10.4 Å². The van der Waals surface area contributed by atoms with Crippen molar-refractivity contribution >= 4 is 23.3 Å². The number of carboxylic acids is 1. The summed E-state index contributed by atoms with van der Waals surface area (Å²) in [5.41, 5.74) is 1.29. The maximum absolute atomic E-state index is 11.3. The number of ketones is 1. The zero-order chi connectivity index (χ0) is 12.4. The van der Waals surface area contributed by atoms with Gasteiger partial charge in [0.2, 0.25) is 0 Å². The normalized spacial score (nSPS) is 12.5. The second-order valence-electron chi connectivity index (χ2n) is 3.42. The Bertz CT molecular complexity index is 592. The zero-order valence-corrected chi connectivity index (χ0v) is 8.61. The van der Waals surface area contributed by atoms with Crippen LogP contribution in [0, 0.1) is 11.8 Å². The van der Waals surface area contributed by atoms with E-state index in [2.05, 4.69) is 17.2 Å². The molecule has 0 bridgehead atoms. The second kappa shape index (κ2) is 4.10. The van der Waals surface area contributed by atoms with Gasteiger partial charge in [-0.3, -0.25) is 14.4 Å². The number of rotatable bonds is 1. The molecule has 1 aromatic rings. The van der Waals surface area contributed by atoms with Gasteiger partial charge in [-0.2, -0.15) is 0 Å². The first kappa shape index (κ1) is 10.9. The van der Waals surface area contributed by atoms with Crippen molar-refractivity contribution in [2.24, 2.45) is 0 Å². The zero-order valence-electron chi connectivity index (χ0n) is 8.61. The molecule has 0 saturated carbocycles. The number of fused-ring (bicyclic) bond motifs is 1. The summed E-state index contributed by atoms with van der Waals surface area (Å²) in [5.74, 6) is 2.89. The molecule has 1 aliphatic heterocycles. The molecule has 0 atom stereocenters. The Balaban J connectivity index is 2.26. The minimum absolute atomic E-state index is 0.248. The molecule has 1 heterocycles. The highest BCUT2D eigenvalue weighted by molar-refractivity contribution is 6.51. The summed E-state index contributed by atoms with van der Waals surface area (Å²) < 4.78 is 0. The smallest absolute Gasteiger partial charge is 0.315 e. The third kappa shape index (κ3) is 2.16. The molecule has 1 aromatic carbocycles. The number of carbonyl (C=O) groups is 3. The molecule has 1 amide bonds. The Hall–Kier alpha value is -2.61. The highest BCUT2D eigenvalue weighted by Gasteiger charge is 2.27. The first-order valence-electron chi connectivity index (χ1n) is 4.78. The fraction of sp³-hybridized carbons (Fsp3) is 0.0833. The van der Waals surface area contributed by atoms with Crippen LogP contribution in [0.1, 0.15) is 22.3 Å². The van der Waals surface area contributed by atoms with Crippen LogP contribution in [-0.4, -0.2) is 22.8 Å². The third-order valence-electron chi connectivity index (χ3n) is 2.19. The van der Waals surface area contributed by atoms with E-state index in [1.54, 1.807) is 12.1 Å². The van der Waals surface area contributed by atoms with Gasteiger partial charge in [0, 0.05) is 5.56 Å². The van der Waals surface area contributed by atoms with Crippen LogP contribution in [0.25, 0.3) is 0 Å². The van der Waals surface area contributed by atoms with Crippen LogP contribution in [0.2, 0.25) is 0 Å². The van der Waals surface area contributed by atoms with Crippen LogP contribution in [-0.2, 0) is 9.59 Å². The van der Waals surface area contributed by atoms with Crippen molar-refractivity contribution in [1.29, 1.82) is 0 Å². The Morgan fingerprint density at radius 3 is 2.82 bits per heavy atom. The fourth-order valence-electron chi connectivity index (χ4n) is 1.45. The molecule has 0 saturated heterocycles. The number of amides is 1. The SMILES string of the molecule is O=C(O)CC#Cc1ccc2c(c1)NC(=O)C2=O. The number of carboxylic acid groups (broad SMARTS) is 1. The number of nitrogens with one attached hydrogen (secondary N) is 1. The summed E-state index contributed by atoms with van der Waals surface area (Å²) in [6.07, 6.45) is -0.248. The molecule has 0 radical (unpaired) electrons. The maximum atomic E-state index is 11.3. The number of hydrogen-bond donors (Lipinski definition) is 2. The molecule has 5 nitrogen and oxygen atoms in total. The van der Waals surface area contributed by atoms with Crippen molar-refractivity contribution in [2.75, 3.05) is 5.32 Å². The van der Waals surface area contributed by atoms with Crippen LogP contribution in [0.5, 0.6) is 0 Å². The Labute approximate surface area is 96.4 Å². The highest BCUT2D eigenvalue weighted by atomic mass is 16.4. The maximum Gasteiger partial charge on any atom is 0.315 e. The lowest BCUT2D eigenvalue weighted by atomic mass is 10.1. The summed E-state index contributed by atoms with van der Waals surface area (Å²) in [6.45, 7) is 0. The topological polar surface area (TPSA) is 83.5 Å². The minimum Gasteiger partial charge on any atom is -0.481 e. The van der Waals surface area contributed by atoms with Gasteiger partial charge in [0.25, 0.3) is 11.7 Å². The molecular weight excluding hydrogens is 222 g/mol. The Morgan fingerprint density at radius 1 is 1.35 bits per heavy atom. The Kier molecular flexibility index (Phi) is 2.63. The van der Waals surface area contributed by atoms with E-state index in [0.717, 1.165) is 0 Å². The molecule has 17 heavy (non-hydrogen) atoms. The van der Waals surface area contributed by atoms with Crippen molar-refractivity contribution in [3.8, 4) is 11.8 Å². The molecule has 84 valence electrons. The van der Waals surface area contributed by atoms with Crippen LogP contribution < -0.4 is 5.32 Å². The van der Waals surface area contributed by atoms with Crippen molar-refractivity contribution in [1.82, 2.24) is 0 Å². The summed E-state index contributed by atoms with van der Waals surface area (Å²) in [5, 5.41) is 10.8. The van der Waals surface area contributed by atoms with Crippen molar-refractivity contribution in [3.05, 3.63) is 29.3 Å². The summed E-state index contributed by atoms with van der Waals surface area (Å²) in [7, 11) is 0. The lowest BCUT2D eigenvalue weighted by Crippen LogP contribution is -2.12. The molecule has 5 heteroatoms. The highest BCUT2D eigenvalue weighted by Crippen LogP contribution is 2.23. The van der Waals surface area contributed by atoms with Gasteiger partial charge in [-0.05, 0) is 18.2 Å². The predicted octanol–water partition coefficient (Wildman–Crippen LogP) is 0.648. The van der Waals surface area contributed by atoms with E-state index in [-0.39, 0.29) is 6.42 Å². The first-order chi connectivity index (χ1) is 8.08. The summed E-state index contributed by atoms with van der Waals surface area (Å²) >= 11 is 0. The standard InChI is InChI=1S/C12H7NO4/c14-10(15)3-1-2-7-4-5-8-9(6-7)13-12(17)11(8)16/h4-6H,3H2,(H,14,15)(H,13,16,17). The molecule has 0 fully saturated rings. The van der Waals surface area contributed by atoms with E-state index < -0.39 is 17.7 Å². The van der Waals surface area contributed by atoms with Crippen LogP contribution in [0.3, 0.4) is 0 Å². The predicted molar refractivity (Wildman–Crippen MR) is 58.5 cm³/mol. The monoisotopic (exact) mass is 229 g/mol. The molecule has 0 unspecified atom stereocenters. The molecule has 2 rings (SSSR count). The van der Waals surface area contributed by atoms with Gasteiger partial charge in [-0.15, -0.1) is 0 Å². The average Bonchev–Trinajstić information content (AvgIpc) is 2.54. The number of anilines is 1. The van der Waals surface area contributed by atoms with E-state index >= 15 is 0 Å². The lowest BCUT2D eigenvalue weighted by molar-refractivity contribution is -0.135. The number of aliphatic carboxylic acids is 1. The summed E-state index contributed by atoms with van der Waals surface area (Å²) in [6, 6.07) is 4.62. The molecule has 1 aliphatic rings. The number of benzene rings is 1. The van der Waals surface area contributed by atoms with Crippen molar-refractivity contribution < 1.29 is 19.5 Å². The van der Waals surface area contributed by atoms with Crippen LogP contribution in [0.4, 0.5) is 5.69 Å². The van der Waals surface area contributed by atoms with E-state index in [1.165, 1.54) is 6.07 Å². The van der Waals surface area contributed by atoms with E-state index in [1.807, 2.05) is 0 Å². The van der Waals surface area contributed by atoms with Gasteiger partial charge in [0.05, 0.1) is 11.3 Å². The lowest BCUT2D eigenvalue weighted by Gasteiger charge is -1.96. The molecular formula is C12H7NO4. The van der Waals surface area contributed by atoms with E-state index in [4.69, 9.17) is 5.11 Å². The molecule has 0 aromatic heterocycles. The van der Waals surface area contributed by atoms with Crippen molar-refractivity contribution in [3.63, 3.8) is 0 Å². The van der Waals surface area contributed by atoms with E-state index in [9.17, 15) is 14.4 Å². The summed E-state index contributed by atoms with van der Waals surface area (Å²) in [4.78, 5) is 32.6. The van der Waals surface area contributed by atoms with Gasteiger partial charge in [0.1, 0.15) is 6.42 Å².